The van der Waals surface area contributed by atoms with E-state index in [1.165, 1.54) is 16.7 Å². The highest BCUT2D eigenvalue weighted by Crippen LogP contribution is 2.25. The molecule has 162 valence electrons. The third-order valence-corrected chi connectivity index (χ3v) is 5.36. The van der Waals surface area contributed by atoms with Crippen LogP contribution in [-0.4, -0.2) is 48.3 Å². The monoisotopic (exact) mass is 502 g/mol. The van der Waals surface area contributed by atoms with Crippen LogP contribution in [0.15, 0.2) is 71.9 Å². The predicted molar refractivity (Wildman–Crippen MR) is 130 cm³/mol. The Morgan fingerprint density at radius 3 is 2.19 bits per heavy atom. The number of amidine groups is 1. The molecule has 31 heavy (non-hydrogen) atoms. The van der Waals surface area contributed by atoms with Crippen molar-refractivity contribution < 1.29 is 19.1 Å². The van der Waals surface area contributed by atoms with Gasteiger partial charge in [-0.2, -0.15) is 0 Å². The fraction of sp³-hybridized carbons (Fsp3) is 0.174. The van der Waals surface area contributed by atoms with Gasteiger partial charge in [-0.05, 0) is 48.0 Å². The lowest BCUT2D eigenvalue weighted by molar-refractivity contribution is -0.122. The van der Waals surface area contributed by atoms with E-state index < -0.39 is 0 Å². The third-order valence-electron chi connectivity index (χ3n) is 4.39. The molecule has 0 radical (unpaired) electrons. The second kappa shape index (κ2) is 11.5. The van der Waals surface area contributed by atoms with Gasteiger partial charge in [0.15, 0.2) is 11.0 Å². The zero-order valence-corrected chi connectivity index (χ0v) is 19.8. The van der Waals surface area contributed by atoms with Crippen LogP contribution in [0.1, 0.15) is 15.9 Å². The standard InChI is InChI=1S/C23H22N2O4S.BrH/c1-4-13-25-22(27)20(14-16-5-9-18(28-2)10-6-16)24-23(25)30-15-21(26)17-7-11-19(29-3)12-8-17;/h4-12,14H,1,13,15H2,2-3H3;1H/b20-14-;. The molecule has 1 amide bonds. The van der Waals surface area contributed by atoms with Crippen LogP contribution in [0, 0.1) is 0 Å². The number of ether oxygens (including phenoxy) is 2. The van der Waals surface area contributed by atoms with Crippen LogP contribution in [0.2, 0.25) is 0 Å². The third kappa shape index (κ3) is 6.08. The van der Waals surface area contributed by atoms with E-state index in [0.29, 0.717) is 28.7 Å². The minimum atomic E-state index is -0.217. The number of ketones is 1. The number of rotatable bonds is 8. The van der Waals surface area contributed by atoms with Gasteiger partial charge in [-0.1, -0.05) is 30.0 Å². The Balaban J connectivity index is 0.00000341. The summed E-state index contributed by atoms with van der Waals surface area (Å²) in [6.45, 7) is 4.03. The first-order valence-corrected chi connectivity index (χ1v) is 10.2. The molecule has 0 unspecified atom stereocenters. The van der Waals surface area contributed by atoms with Crippen molar-refractivity contribution >= 4 is 51.7 Å². The first kappa shape index (κ1) is 24.4. The van der Waals surface area contributed by atoms with Gasteiger partial charge in [0.2, 0.25) is 0 Å². The maximum Gasteiger partial charge on any atom is 0.278 e. The largest absolute Gasteiger partial charge is 0.497 e. The lowest BCUT2D eigenvalue weighted by Gasteiger charge is -2.15. The minimum absolute atomic E-state index is 0. The summed E-state index contributed by atoms with van der Waals surface area (Å²) >= 11 is 1.23. The van der Waals surface area contributed by atoms with Crippen LogP contribution in [0.25, 0.3) is 6.08 Å². The molecule has 2 aromatic rings. The molecular weight excluding hydrogens is 480 g/mol. The number of nitrogens with zero attached hydrogens (tertiary/aromatic N) is 2. The van der Waals surface area contributed by atoms with Crippen LogP contribution >= 0.6 is 28.7 Å². The summed E-state index contributed by atoms with van der Waals surface area (Å²) in [5.74, 6) is 1.33. The summed E-state index contributed by atoms with van der Waals surface area (Å²) in [4.78, 5) is 31.3. The summed E-state index contributed by atoms with van der Waals surface area (Å²) in [6, 6.07) is 14.3. The molecule has 0 spiro atoms. The highest BCUT2D eigenvalue weighted by Gasteiger charge is 2.30. The van der Waals surface area contributed by atoms with E-state index in [1.807, 2.05) is 24.3 Å². The number of hydrogen-bond acceptors (Lipinski definition) is 6. The Labute approximate surface area is 196 Å². The van der Waals surface area contributed by atoms with Gasteiger partial charge >= 0.3 is 0 Å². The molecule has 0 atom stereocenters. The molecular formula is C23H23BrN2O4S. The van der Waals surface area contributed by atoms with Crippen LogP contribution in [0.3, 0.4) is 0 Å². The molecule has 1 aliphatic rings. The van der Waals surface area contributed by atoms with E-state index in [2.05, 4.69) is 11.6 Å². The van der Waals surface area contributed by atoms with Crippen molar-refractivity contribution in [2.75, 3.05) is 26.5 Å². The average Bonchev–Trinajstić information content (AvgIpc) is 3.07. The van der Waals surface area contributed by atoms with E-state index in [1.54, 1.807) is 50.6 Å². The van der Waals surface area contributed by atoms with Gasteiger partial charge in [0, 0.05) is 12.1 Å². The first-order valence-electron chi connectivity index (χ1n) is 9.23. The first-order chi connectivity index (χ1) is 14.5. The van der Waals surface area contributed by atoms with Gasteiger partial charge < -0.3 is 9.47 Å². The Bertz CT molecular complexity index is 1000. The number of benzene rings is 2. The molecule has 0 bridgehead atoms. The number of carbonyl (C=O) groups is 2. The number of amides is 1. The summed E-state index contributed by atoms with van der Waals surface area (Å²) in [6.07, 6.45) is 3.35. The second-order valence-corrected chi connectivity index (χ2v) is 7.28. The summed E-state index contributed by atoms with van der Waals surface area (Å²) in [5.41, 5.74) is 1.74. The fourth-order valence-electron chi connectivity index (χ4n) is 2.78. The molecule has 2 aromatic carbocycles. The van der Waals surface area contributed by atoms with Crippen LogP contribution < -0.4 is 9.47 Å². The summed E-state index contributed by atoms with van der Waals surface area (Å²) < 4.78 is 10.3. The Morgan fingerprint density at radius 2 is 1.65 bits per heavy atom. The molecule has 8 heteroatoms. The van der Waals surface area contributed by atoms with Gasteiger partial charge in [-0.25, -0.2) is 4.99 Å². The molecule has 6 nitrogen and oxygen atoms in total. The van der Waals surface area contributed by atoms with Gasteiger partial charge in [-0.3, -0.25) is 14.5 Å². The number of hydrogen-bond donors (Lipinski definition) is 0. The summed E-state index contributed by atoms with van der Waals surface area (Å²) in [7, 11) is 3.18. The highest BCUT2D eigenvalue weighted by molar-refractivity contribution is 8.93. The number of carbonyl (C=O) groups excluding carboxylic acids is 2. The Morgan fingerprint density at radius 1 is 1.06 bits per heavy atom. The van der Waals surface area contributed by atoms with Crippen molar-refractivity contribution in [1.29, 1.82) is 0 Å². The van der Waals surface area contributed by atoms with Gasteiger partial charge in [0.05, 0.1) is 20.0 Å². The van der Waals surface area contributed by atoms with Gasteiger partial charge in [0.25, 0.3) is 5.91 Å². The Kier molecular flexibility index (Phi) is 9.08. The number of methoxy groups -OCH3 is 2. The smallest absolute Gasteiger partial charge is 0.278 e. The molecule has 1 aliphatic heterocycles. The quantitative estimate of drug-likeness (QED) is 0.299. The van der Waals surface area contributed by atoms with Crippen molar-refractivity contribution in [1.82, 2.24) is 4.90 Å². The normalized spacial score (nSPS) is 14.1. The number of thioether (sulfide) groups is 1. The van der Waals surface area contributed by atoms with Crippen molar-refractivity contribution in [2.24, 2.45) is 4.99 Å². The fourth-order valence-corrected chi connectivity index (χ4v) is 3.68. The molecule has 0 saturated carbocycles. The van der Waals surface area contributed by atoms with Gasteiger partial charge in [0.1, 0.15) is 17.2 Å². The predicted octanol–water partition coefficient (Wildman–Crippen LogP) is 4.62. The number of halogens is 1. The second-order valence-electron chi connectivity index (χ2n) is 6.34. The molecule has 0 fully saturated rings. The lowest BCUT2D eigenvalue weighted by Crippen LogP contribution is -2.31. The Hall–Kier alpha value is -2.84. The van der Waals surface area contributed by atoms with Crippen LogP contribution in [-0.2, 0) is 4.79 Å². The molecule has 3 rings (SSSR count). The van der Waals surface area contributed by atoms with E-state index in [4.69, 9.17) is 9.47 Å². The SMILES string of the molecule is Br.C=CCN1C(=O)/C(=C/c2ccc(OC)cc2)N=C1SCC(=O)c1ccc(OC)cc1. The van der Waals surface area contributed by atoms with Crippen molar-refractivity contribution in [2.45, 2.75) is 0 Å². The van der Waals surface area contributed by atoms with Crippen molar-refractivity contribution in [3.8, 4) is 11.5 Å². The van der Waals surface area contributed by atoms with Gasteiger partial charge in [-0.15, -0.1) is 23.6 Å². The molecule has 0 aliphatic carbocycles. The summed E-state index contributed by atoms with van der Waals surface area (Å²) in [5, 5.41) is 0.488. The zero-order valence-electron chi connectivity index (χ0n) is 17.2. The van der Waals surface area contributed by atoms with Crippen molar-refractivity contribution in [3.05, 3.63) is 78.0 Å². The maximum atomic E-state index is 12.8. The minimum Gasteiger partial charge on any atom is -0.497 e. The average molecular weight is 503 g/mol. The maximum absolute atomic E-state index is 12.8. The van der Waals surface area contributed by atoms with Crippen LogP contribution in [0.5, 0.6) is 11.5 Å². The number of aliphatic imine (C=N–C) groups is 1. The van der Waals surface area contributed by atoms with Crippen molar-refractivity contribution in [3.63, 3.8) is 0 Å². The van der Waals surface area contributed by atoms with Crippen LogP contribution in [0.4, 0.5) is 0 Å². The zero-order chi connectivity index (χ0) is 21.5. The molecule has 0 aromatic heterocycles. The molecule has 0 N–H and O–H groups in total. The number of Topliss-reactive ketones (excluding diaryl/α,β-unsaturated/α-hetero) is 1. The molecule has 0 saturated heterocycles. The highest BCUT2D eigenvalue weighted by atomic mass is 79.9. The lowest BCUT2D eigenvalue weighted by atomic mass is 10.1. The topological polar surface area (TPSA) is 68.2 Å². The van der Waals surface area contributed by atoms with E-state index in [-0.39, 0.29) is 34.4 Å². The van der Waals surface area contributed by atoms with E-state index in [0.717, 1.165) is 11.3 Å². The van der Waals surface area contributed by atoms with E-state index >= 15 is 0 Å². The molecule has 1 heterocycles. The van der Waals surface area contributed by atoms with E-state index in [9.17, 15) is 9.59 Å².